The van der Waals surface area contributed by atoms with Crippen LogP contribution in [0.3, 0.4) is 0 Å². The minimum Gasteiger partial charge on any atom is -0.389 e. The van der Waals surface area contributed by atoms with Crippen LogP contribution >= 0.6 is 0 Å². The molecule has 0 aromatic carbocycles. The van der Waals surface area contributed by atoms with Gasteiger partial charge in [-0.2, -0.15) is 5.10 Å². The van der Waals surface area contributed by atoms with Gasteiger partial charge in [0.25, 0.3) is 0 Å². The Bertz CT molecular complexity index is 275. The van der Waals surface area contributed by atoms with Crippen LogP contribution in [0.2, 0.25) is 0 Å². The number of rotatable bonds is 7. The Labute approximate surface area is 90.1 Å². The molecule has 0 fully saturated rings. The van der Waals surface area contributed by atoms with Gasteiger partial charge in [0.2, 0.25) is 0 Å². The first-order chi connectivity index (χ1) is 7.24. The van der Waals surface area contributed by atoms with E-state index in [1.54, 1.807) is 6.20 Å². The average molecular weight is 213 g/mol. The van der Waals surface area contributed by atoms with E-state index >= 15 is 0 Å². The number of aryl methyl sites for hydroxylation is 1. The van der Waals surface area contributed by atoms with Crippen molar-refractivity contribution in [3.05, 3.63) is 18.0 Å². The van der Waals surface area contributed by atoms with E-state index in [0.717, 1.165) is 5.69 Å². The third-order valence-corrected chi connectivity index (χ3v) is 2.12. The zero-order valence-electron chi connectivity index (χ0n) is 9.31. The molecule has 5 nitrogen and oxygen atoms in total. The molecule has 0 saturated carbocycles. The molecule has 1 rings (SSSR count). The molecule has 0 aliphatic carbocycles. The summed E-state index contributed by atoms with van der Waals surface area (Å²) in [6, 6.07) is 1.95. The summed E-state index contributed by atoms with van der Waals surface area (Å²) in [5, 5.41) is 16.7. The quantitative estimate of drug-likeness (QED) is 0.664. The molecular formula is C10H19N3O2. The van der Waals surface area contributed by atoms with Crippen molar-refractivity contribution in [2.75, 3.05) is 19.8 Å². The molecule has 0 radical (unpaired) electrons. The van der Waals surface area contributed by atoms with Gasteiger partial charge in [0.15, 0.2) is 0 Å². The fraction of sp³-hybridized carbons (Fsp3) is 0.700. The maximum absolute atomic E-state index is 9.47. The van der Waals surface area contributed by atoms with Crippen molar-refractivity contribution in [3.8, 4) is 0 Å². The van der Waals surface area contributed by atoms with Crippen molar-refractivity contribution in [3.63, 3.8) is 0 Å². The number of hydrogen-bond acceptors (Lipinski definition) is 4. The second-order valence-electron chi connectivity index (χ2n) is 3.39. The van der Waals surface area contributed by atoms with Crippen LogP contribution in [-0.4, -0.2) is 40.7 Å². The van der Waals surface area contributed by atoms with Crippen LogP contribution in [-0.2, 0) is 18.3 Å². The fourth-order valence-electron chi connectivity index (χ4n) is 1.25. The third kappa shape index (κ3) is 4.42. The molecule has 1 aromatic rings. The standard InChI is InChI=1S/C10H19N3O2/c1-3-15-8-10(14)7-11-6-9-4-5-12-13(9)2/h4-5,10-11,14H,3,6-8H2,1-2H3. The second kappa shape index (κ2) is 6.55. The summed E-state index contributed by atoms with van der Waals surface area (Å²) in [6.07, 6.45) is 1.31. The molecule has 0 spiro atoms. The molecule has 1 unspecified atom stereocenters. The number of aromatic nitrogens is 2. The number of nitrogens with zero attached hydrogens (tertiary/aromatic N) is 2. The van der Waals surface area contributed by atoms with Crippen LogP contribution in [0.5, 0.6) is 0 Å². The van der Waals surface area contributed by atoms with Gasteiger partial charge in [-0.15, -0.1) is 0 Å². The lowest BCUT2D eigenvalue weighted by molar-refractivity contribution is 0.0426. The topological polar surface area (TPSA) is 59.3 Å². The molecule has 0 amide bonds. The lowest BCUT2D eigenvalue weighted by Crippen LogP contribution is -2.30. The highest BCUT2D eigenvalue weighted by atomic mass is 16.5. The molecule has 2 N–H and O–H groups in total. The minimum atomic E-state index is -0.446. The van der Waals surface area contributed by atoms with Gasteiger partial charge in [-0.25, -0.2) is 0 Å². The summed E-state index contributed by atoms with van der Waals surface area (Å²) in [5.74, 6) is 0. The van der Waals surface area contributed by atoms with Crippen molar-refractivity contribution in [2.24, 2.45) is 7.05 Å². The SMILES string of the molecule is CCOCC(O)CNCc1ccnn1C. The number of aliphatic hydroxyl groups excluding tert-OH is 1. The van der Waals surface area contributed by atoms with Gasteiger partial charge in [-0.3, -0.25) is 4.68 Å². The van der Waals surface area contributed by atoms with Gasteiger partial charge in [0, 0.05) is 32.9 Å². The molecule has 0 aliphatic rings. The highest BCUT2D eigenvalue weighted by Gasteiger charge is 2.03. The predicted octanol–water partition coefficient (Wildman–Crippen LogP) is -0.0929. The Morgan fingerprint density at radius 1 is 1.67 bits per heavy atom. The third-order valence-electron chi connectivity index (χ3n) is 2.12. The summed E-state index contributed by atoms with van der Waals surface area (Å²) < 4.78 is 6.91. The normalized spacial score (nSPS) is 13.0. The highest BCUT2D eigenvalue weighted by molar-refractivity contribution is 4.99. The number of hydrogen-bond donors (Lipinski definition) is 2. The van der Waals surface area contributed by atoms with E-state index in [0.29, 0.717) is 26.3 Å². The Morgan fingerprint density at radius 2 is 2.47 bits per heavy atom. The van der Waals surface area contributed by atoms with Crippen LogP contribution in [0.4, 0.5) is 0 Å². The molecule has 0 bridgehead atoms. The minimum absolute atomic E-state index is 0.384. The Kier molecular flexibility index (Phi) is 5.31. The first-order valence-electron chi connectivity index (χ1n) is 5.17. The number of aliphatic hydroxyl groups is 1. The van der Waals surface area contributed by atoms with E-state index in [2.05, 4.69) is 10.4 Å². The summed E-state index contributed by atoms with van der Waals surface area (Å²) in [6.45, 7) is 4.17. The van der Waals surface area contributed by atoms with Crippen molar-refractivity contribution < 1.29 is 9.84 Å². The summed E-state index contributed by atoms with van der Waals surface area (Å²) in [5.41, 5.74) is 1.10. The lowest BCUT2D eigenvalue weighted by Gasteiger charge is -2.11. The highest BCUT2D eigenvalue weighted by Crippen LogP contribution is 1.95. The molecule has 5 heteroatoms. The monoisotopic (exact) mass is 213 g/mol. The van der Waals surface area contributed by atoms with E-state index < -0.39 is 6.10 Å². The van der Waals surface area contributed by atoms with Crippen LogP contribution in [0.15, 0.2) is 12.3 Å². The molecule has 1 aromatic heterocycles. The number of nitrogens with one attached hydrogen (secondary N) is 1. The van der Waals surface area contributed by atoms with Gasteiger partial charge in [-0.1, -0.05) is 0 Å². The molecule has 0 aliphatic heterocycles. The van der Waals surface area contributed by atoms with Crippen molar-refractivity contribution in [1.29, 1.82) is 0 Å². The first-order valence-corrected chi connectivity index (χ1v) is 5.17. The van der Waals surface area contributed by atoms with E-state index in [-0.39, 0.29) is 0 Å². The smallest absolute Gasteiger partial charge is 0.0897 e. The summed E-state index contributed by atoms with van der Waals surface area (Å²) >= 11 is 0. The maximum atomic E-state index is 9.47. The van der Waals surface area contributed by atoms with Gasteiger partial charge in [0.05, 0.1) is 18.4 Å². The Balaban J connectivity index is 2.13. The lowest BCUT2D eigenvalue weighted by atomic mass is 10.3. The molecule has 1 atom stereocenters. The molecule has 1 heterocycles. The fourth-order valence-corrected chi connectivity index (χ4v) is 1.25. The van der Waals surface area contributed by atoms with E-state index in [9.17, 15) is 5.11 Å². The molecular weight excluding hydrogens is 194 g/mol. The van der Waals surface area contributed by atoms with Crippen LogP contribution in [0, 0.1) is 0 Å². The second-order valence-corrected chi connectivity index (χ2v) is 3.39. The van der Waals surface area contributed by atoms with Crippen LogP contribution in [0.25, 0.3) is 0 Å². The molecule has 0 saturated heterocycles. The Hall–Kier alpha value is -0.910. The largest absolute Gasteiger partial charge is 0.389 e. The number of ether oxygens (including phenoxy) is 1. The Morgan fingerprint density at radius 3 is 3.07 bits per heavy atom. The van der Waals surface area contributed by atoms with Crippen molar-refractivity contribution in [1.82, 2.24) is 15.1 Å². The van der Waals surface area contributed by atoms with Crippen molar-refractivity contribution in [2.45, 2.75) is 19.6 Å². The zero-order chi connectivity index (χ0) is 11.1. The van der Waals surface area contributed by atoms with E-state index in [1.807, 2.05) is 24.7 Å². The van der Waals surface area contributed by atoms with Crippen LogP contribution in [0.1, 0.15) is 12.6 Å². The van der Waals surface area contributed by atoms with Gasteiger partial charge in [0.1, 0.15) is 0 Å². The molecule has 15 heavy (non-hydrogen) atoms. The maximum Gasteiger partial charge on any atom is 0.0897 e. The average Bonchev–Trinajstić information content (AvgIpc) is 2.61. The van der Waals surface area contributed by atoms with Gasteiger partial charge in [-0.05, 0) is 13.0 Å². The first kappa shape index (κ1) is 12.2. The van der Waals surface area contributed by atoms with Crippen molar-refractivity contribution >= 4 is 0 Å². The van der Waals surface area contributed by atoms with Gasteiger partial charge >= 0.3 is 0 Å². The summed E-state index contributed by atoms with van der Waals surface area (Å²) in [7, 11) is 1.90. The zero-order valence-corrected chi connectivity index (χ0v) is 9.31. The van der Waals surface area contributed by atoms with Gasteiger partial charge < -0.3 is 15.2 Å². The summed E-state index contributed by atoms with van der Waals surface area (Å²) in [4.78, 5) is 0. The van der Waals surface area contributed by atoms with E-state index in [4.69, 9.17) is 4.74 Å². The molecule has 86 valence electrons. The van der Waals surface area contributed by atoms with E-state index in [1.165, 1.54) is 0 Å². The van der Waals surface area contributed by atoms with Crippen LogP contribution < -0.4 is 5.32 Å². The predicted molar refractivity (Wildman–Crippen MR) is 57.4 cm³/mol.